The molecular formula is C20H23BrO3. The highest BCUT2D eigenvalue weighted by molar-refractivity contribution is 9.10. The van der Waals surface area contributed by atoms with Gasteiger partial charge in [0.15, 0.2) is 0 Å². The summed E-state index contributed by atoms with van der Waals surface area (Å²) in [5.74, 6) is 0.0692. The molecule has 0 aliphatic rings. The molecule has 2 aromatic rings. The van der Waals surface area contributed by atoms with Crippen LogP contribution in [0.5, 0.6) is 5.75 Å². The molecule has 0 bridgehead atoms. The molecule has 0 radical (unpaired) electrons. The van der Waals surface area contributed by atoms with Gasteiger partial charge in [0.25, 0.3) is 0 Å². The molecule has 0 N–H and O–H groups in total. The van der Waals surface area contributed by atoms with Crippen LogP contribution in [0, 0.1) is 0 Å². The van der Waals surface area contributed by atoms with Crippen molar-refractivity contribution in [1.82, 2.24) is 0 Å². The van der Waals surface area contributed by atoms with Crippen LogP contribution in [0.15, 0.2) is 53.0 Å². The SMILES string of the molecule is CC(C(=O)OC(C)(C)C)c1ccccc1OCc1cccc(Br)c1. The van der Waals surface area contributed by atoms with Crippen molar-refractivity contribution < 1.29 is 14.3 Å². The van der Waals surface area contributed by atoms with E-state index in [1.807, 2.05) is 76.2 Å². The van der Waals surface area contributed by atoms with Gasteiger partial charge in [0.1, 0.15) is 18.0 Å². The average molecular weight is 391 g/mol. The average Bonchev–Trinajstić information content (AvgIpc) is 2.51. The lowest BCUT2D eigenvalue weighted by atomic mass is 10.00. The van der Waals surface area contributed by atoms with E-state index in [9.17, 15) is 4.79 Å². The largest absolute Gasteiger partial charge is 0.489 e. The Morgan fingerprint density at radius 3 is 2.50 bits per heavy atom. The van der Waals surface area contributed by atoms with Crippen molar-refractivity contribution in [1.29, 1.82) is 0 Å². The number of halogens is 1. The Morgan fingerprint density at radius 2 is 1.83 bits per heavy atom. The fourth-order valence-corrected chi connectivity index (χ4v) is 2.72. The van der Waals surface area contributed by atoms with E-state index in [0.717, 1.165) is 15.6 Å². The first-order valence-electron chi connectivity index (χ1n) is 7.95. The highest BCUT2D eigenvalue weighted by Crippen LogP contribution is 2.29. The van der Waals surface area contributed by atoms with Gasteiger partial charge in [-0.25, -0.2) is 0 Å². The number of ether oxygens (including phenoxy) is 2. The van der Waals surface area contributed by atoms with Gasteiger partial charge < -0.3 is 9.47 Å². The minimum atomic E-state index is -0.503. The molecule has 3 nitrogen and oxygen atoms in total. The van der Waals surface area contributed by atoms with Gasteiger partial charge in [-0.05, 0) is 51.5 Å². The first kappa shape index (κ1) is 18.5. The molecule has 0 saturated heterocycles. The summed E-state index contributed by atoms with van der Waals surface area (Å²) in [6.45, 7) is 7.89. The molecule has 24 heavy (non-hydrogen) atoms. The molecule has 1 atom stereocenters. The summed E-state index contributed by atoms with van der Waals surface area (Å²) in [6.07, 6.45) is 0. The number of benzene rings is 2. The molecule has 1 unspecified atom stereocenters. The summed E-state index contributed by atoms with van der Waals surface area (Å²) in [5, 5.41) is 0. The van der Waals surface area contributed by atoms with Crippen LogP contribution in [-0.2, 0) is 16.1 Å². The number of rotatable bonds is 5. The van der Waals surface area contributed by atoms with Crippen LogP contribution < -0.4 is 4.74 Å². The second-order valence-corrected chi connectivity index (χ2v) is 7.63. The summed E-state index contributed by atoms with van der Waals surface area (Å²) >= 11 is 3.46. The quantitative estimate of drug-likeness (QED) is 0.634. The van der Waals surface area contributed by atoms with E-state index >= 15 is 0 Å². The van der Waals surface area contributed by atoms with Gasteiger partial charge in [0, 0.05) is 10.0 Å². The van der Waals surface area contributed by atoms with E-state index in [1.165, 1.54) is 0 Å². The summed E-state index contributed by atoms with van der Waals surface area (Å²) < 4.78 is 12.5. The maximum atomic E-state index is 12.3. The summed E-state index contributed by atoms with van der Waals surface area (Å²) in [6, 6.07) is 15.6. The van der Waals surface area contributed by atoms with Crippen LogP contribution in [0.2, 0.25) is 0 Å². The third-order valence-electron chi connectivity index (χ3n) is 3.43. The monoisotopic (exact) mass is 390 g/mol. The van der Waals surface area contributed by atoms with Gasteiger partial charge in [0.05, 0.1) is 5.92 Å². The van der Waals surface area contributed by atoms with Crippen LogP contribution in [0.1, 0.15) is 44.7 Å². The molecule has 4 heteroatoms. The molecule has 2 rings (SSSR count). The highest BCUT2D eigenvalue weighted by Gasteiger charge is 2.25. The second-order valence-electron chi connectivity index (χ2n) is 6.71. The van der Waals surface area contributed by atoms with Crippen molar-refractivity contribution in [2.75, 3.05) is 0 Å². The lowest BCUT2D eigenvalue weighted by Gasteiger charge is -2.23. The van der Waals surface area contributed by atoms with Crippen LogP contribution >= 0.6 is 15.9 Å². The number of esters is 1. The van der Waals surface area contributed by atoms with E-state index in [2.05, 4.69) is 15.9 Å². The molecule has 0 heterocycles. The molecule has 2 aromatic carbocycles. The van der Waals surface area contributed by atoms with Gasteiger partial charge in [-0.1, -0.05) is 46.3 Å². The van der Waals surface area contributed by atoms with Crippen molar-refractivity contribution in [3.63, 3.8) is 0 Å². The molecule has 0 aliphatic heterocycles. The molecule has 0 spiro atoms. The topological polar surface area (TPSA) is 35.5 Å². The minimum Gasteiger partial charge on any atom is -0.489 e. The predicted molar refractivity (Wildman–Crippen MR) is 99.2 cm³/mol. The number of hydrogen-bond acceptors (Lipinski definition) is 3. The van der Waals surface area contributed by atoms with Crippen LogP contribution in [0.25, 0.3) is 0 Å². The second kappa shape index (κ2) is 7.84. The Labute approximate surface area is 152 Å². The number of carbonyl (C=O) groups is 1. The smallest absolute Gasteiger partial charge is 0.313 e. The molecular weight excluding hydrogens is 368 g/mol. The van der Waals surface area contributed by atoms with Gasteiger partial charge in [-0.15, -0.1) is 0 Å². The Kier molecular flexibility index (Phi) is 6.05. The zero-order valence-electron chi connectivity index (χ0n) is 14.5. The van der Waals surface area contributed by atoms with Crippen molar-refractivity contribution in [3.05, 3.63) is 64.1 Å². The standard InChI is InChI=1S/C20H23BrO3/c1-14(19(22)24-20(2,3)4)17-10-5-6-11-18(17)23-13-15-8-7-9-16(21)12-15/h5-12,14H,13H2,1-4H3. The fourth-order valence-electron chi connectivity index (χ4n) is 2.27. The first-order chi connectivity index (χ1) is 11.3. The summed E-state index contributed by atoms with van der Waals surface area (Å²) in [7, 11) is 0. The molecule has 0 amide bonds. The lowest BCUT2D eigenvalue weighted by Crippen LogP contribution is -2.27. The maximum absolute atomic E-state index is 12.3. The zero-order valence-corrected chi connectivity index (χ0v) is 16.1. The molecule has 128 valence electrons. The van der Waals surface area contributed by atoms with Crippen LogP contribution in [-0.4, -0.2) is 11.6 Å². The number of carbonyl (C=O) groups excluding carboxylic acids is 1. The third-order valence-corrected chi connectivity index (χ3v) is 3.92. The number of hydrogen-bond donors (Lipinski definition) is 0. The van der Waals surface area contributed by atoms with Crippen molar-refractivity contribution in [2.24, 2.45) is 0 Å². The van der Waals surface area contributed by atoms with Crippen LogP contribution in [0.4, 0.5) is 0 Å². The van der Waals surface area contributed by atoms with E-state index in [1.54, 1.807) is 0 Å². The molecule has 0 aromatic heterocycles. The number of para-hydroxylation sites is 1. The molecule has 0 saturated carbocycles. The minimum absolute atomic E-state index is 0.249. The lowest BCUT2D eigenvalue weighted by molar-refractivity contribution is -0.156. The van der Waals surface area contributed by atoms with Crippen molar-refractivity contribution >= 4 is 21.9 Å². The first-order valence-corrected chi connectivity index (χ1v) is 8.74. The van der Waals surface area contributed by atoms with E-state index in [0.29, 0.717) is 12.4 Å². The predicted octanol–water partition coefficient (Wildman–Crippen LogP) is 5.47. The van der Waals surface area contributed by atoms with Crippen molar-refractivity contribution in [2.45, 2.75) is 45.8 Å². The van der Waals surface area contributed by atoms with Gasteiger partial charge in [-0.3, -0.25) is 4.79 Å². The third kappa shape index (κ3) is 5.38. The van der Waals surface area contributed by atoms with Gasteiger partial charge in [-0.2, -0.15) is 0 Å². The summed E-state index contributed by atoms with van der Waals surface area (Å²) in [5.41, 5.74) is 1.39. The summed E-state index contributed by atoms with van der Waals surface area (Å²) in [4.78, 5) is 12.3. The van der Waals surface area contributed by atoms with Crippen molar-refractivity contribution in [3.8, 4) is 5.75 Å². The molecule has 0 aliphatic carbocycles. The molecule has 0 fully saturated rings. The van der Waals surface area contributed by atoms with E-state index in [-0.39, 0.29) is 11.9 Å². The zero-order chi connectivity index (χ0) is 17.7. The van der Waals surface area contributed by atoms with Gasteiger partial charge >= 0.3 is 5.97 Å². The Morgan fingerprint density at radius 1 is 1.12 bits per heavy atom. The van der Waals surface area contributed by atoms with E-state index < -0.39 is 5.60 Å². The van der Waals surface area contributed by atoms with E-state index in [4.69, 9.17) is 9.47 Å². The Bertz CT molecular complexity index is 704. The Balaban J connectivity index is 2.13. The fraction of sp³-hybridized carbons (Fsp3) is 0.350. The normalized spacial score (nSPS) is 12.5. The van der Waals surface area contributed by atoms with Gasteiger partial charge in [0.2, 0.25) is 0 Å². The Hall–Kier alpha value is -1.81. The maximum Gasteiger partial charge on any atom is 0.313 e. The highest BCUT2D eigenvalue weighted by atomic mass is 79.9. The van der Waals surface area contributed by atoms with Crippen LogP contribution in [0.3, 0.4) is 0 Å².